The first-order chi connectivity index (χ1) is 13.3. The summed E-state index contributed by atoms with van der Waals surface area (Å²) in [5.41, 5.74) is 1.28. The van der Waals surface area contributed by atoms with Crippen LogP contribution in [0.1, 0.15) is 19.2 Å². The van der Waals surface area contributed by atoms with Gasteiger partial charge in [-0.25, -0.2) is 9.55 Å². The van der Waals surface area contributed by atoms with Crippen molar-refractivity contribution < 1.29 is 13.0 Å². The maximum atomic E-state index is 13.0. The fourth-order valence-electron chi connectivity index (χ4n) is 3.40. The Balaban J connectivity index is 1.57. The Morgan fingerprint density at radius 3 is 2.86 bits per heavy atom. The van der Waals surface area contributed by atoms with E-state index in [1.165, 1.54) is 8.28 Å². The molecule has 1 saturated heterocycles. The molecule has 0 saturated carbocycles. The molecule has 0 spiro atoms. The SMILES string of the molecule is CCn1cnc2c(N[C@H]3CCN(S(=O)(=O)n4cc[n+](C)c4C)C3)nc(Cl)nc21. The Morgan fingerprint density at radius 2 is 2.18 bits per heavy atom. The average molecular weight is 426 g/mol. The molecular weight excluding hydrogens is 404 g/mol. The highest BCUT2D eigenvalue weighted by Crippen LogP contribution is 2.24. The summed E-state index contributed by atoms with van der Waals surface area (Å²) in [6, 6.07) is -0.0969. The van der Waals surface area contributed by atoms with Gasteiger partial charge in [0.25, 0.3) is 5.82 Å². The number of nitrogens with one attached hydrogen (secondary N) is 1. The summed E-state index contributed by atoms with van der Waals surface area (Å²) in [5, 5.41) is 3.43. The lowest BCUT2D eigenvalue weighted by Crippen LogP contribution is -2.38. The first-order valence-corrected chi connectivity index (χ1v) is 10.8. The van der Waals surface area contributed by atoms with Gasteiger partial charge in [0.1, 0.15) is 12.4 Å². The summed E-state index contributed by atoms with van der Waals surface area (Å²) in [4.78, 5) is 12.9. The average Bonchev–Trinajstić information content (AvgIpc) is 3.35. The Kier molecular flexibility index (Phi) is 4.76. The van der Waals surface area contributed by atoms with Gasteiger partial charge in [0.05, 0.1) is 13.4 Å². The van der Waals surface area contributed by atoms with Crippen molar-refractivity contribution in [3.8, 4) is 0 Å². The van der Waals surface area contributed by atoms with Crippen molar-refractivity contribution in [1.82, 2.24) is 27.8 Å². The first kappa shape index (κ1) is 19.1. The molecule has 150 valence electrons. The third-order valence-electron chi connectivity index (χ3n) is 5.10. The number of hydrogen-bond acceptors (Lipinski definition) is 6. The van der Waals surface area contributed by atoms with Crippen molar-refractivity contribution in [2.45, 2.75) is 32.9 Å². The monoisotopic (exact) mass is 425 g/mol. The zero-order valence-corrected chi connectivity index (χ0v) is 17.4. The van der Waals surface area contributed by atoms with Crippen LogP contribution in [-0.4, -0.2) is 55.3 Å². The van der Waals surface area contributed by atoms with E-state index in [0.29, 0.717) is 48.9 Å². The quantitative estimate of drug-likeness (QED) is 0.477. The standard InChI is InChI=1S/C16H22ClN8O2S/c1-4-23-10-18-13-14(20-16(17)21-15(13)23)19-12-5-6-24(9-12)28(26,27)25-8-7-22(3)11(25)2/h7-8,10,12H,4-6,9H2,1-3H3,(H,19,20,21)/q+1/t12-/m0/s1. The molecule has 1 aliphatic rings. The van der Waals surface area contributed by atoms with E-state index in [2.05, 4.69) is 20.3 Å². The smallest absolute Gasteiger partial charge is 0.364 e. The molecule has 0 unspecified atom stereocenters. The van der Waals surface area contributed by atoms with Crippen LogP contribution in [0, 0.1) is 6.92 Å². The van der Waals surface area contributed by atoms with Crippen LogP contribution in [0.25, 0.3) is 11.2 Å². The summed E-state index contributed by atoms with van der Waals surface area (Å²) in [7, 11) is -1.80. The highest BCUT2D eigenvalue weighted by Gasteiger charge is 2.37. The van der Waals surface area contributed by atoms with Crippen molar-refractivity contribution in [3.05, 3.63) is 29.8 Å². The van der Waals surface area contributed by atoms with Crippen molar-refractivity contribution in [1.29, 1.82) is 0 Å². The third kappa shape index (κ3) is 3.12. The fraction of sp³-hybridized carbons (Fsp3) is 0.500. The third-order valence-corrected chi connectivity index (χ3v) is 7.14. The van der Waals surface area contributed by atoms with Gasteiger partial charge in [-0.1, -0.05) is 0 Å². The van der Waals surface area contributed by atoms with Gasteiger partial charge in [0.2, 0.25) is 5.28 Å². The Bertz CT molecular complexity index is 1140. The van der Waals surface area contributed by atoms with Gasteiger partial charge in [-0.3, -0.25) is 0 Å². The molecule has 0 aromatic carbocycles. The van der Waals surface area contributed by atoms with E-state index in [9.17, 15) is 8.42 Å². The van der Waals surface area contributed by atoms with Gasteiger partial charge < -0.3 is 9.88 Å². The van der Waals surface area contributed by atoms with Crippen LogP contribution in [0.4, 0.5) is 5.82 Å². The highest BCUT2D eigenvalue weighted by molar-refractivity contribution is 7.87. The van der Waals surface area contributed by atoms with Crippen LogP contribution in [0.2, 0.25) is 5.28 Å². The molecule has 4 rings (SSSR count). The normalized spacial score (nSPS) is 18.2. The predicted molar refractivity (Wildman–Crippen MR) is 104 cm³/mol. The molecule has 0 bridgehead atoms. The zero-order chi connectivity index (χ0) is 20.1. The van der Waals surface area contributed by atoms with E-state index in [1.807, 2.05) is 18.5 Å². The van der Waals surface area contributed by atoms with Crippen LogP contribution in [0.5, 0.6) is 0 Å². The molecule has 0 aliphatic carbocycles. The molecule has 12 heteroatoms. The Morgan fingerprint density at radius 1 is 1.39 bits per heavy atom. The number of nitrogens with zero attached hydrogens (tertiary/aromatic N) is 7. The van der Waals surface area contributed by atoms with E-state index >= 15 is 0 Å². The summed E-state index contributed by atoms with van der Waals surface area (Å²) in [6.45, 7) is 5.24. The predicted octanol–water partition coefficient (Wildman–Crippen LogP) is 0.713. The highest BCUT2D eigenvalue weighted by atomic mass is 35.5. The van der Waals surface area contributed by atoms with Gasteiger partial charge in [-0.15, -0.1) is 3.97 Å². The van der Waals surface area contributed by atoms with Crippen LogP contribution >= 0.6 is 11.6 Å². The lowest BCUT2D eigenvalue weighted by molar-refractivity contribution is -0.676. The fourth-order valence-corrected chi connectivity index (χ4v) is 5.19. The van der Waals surface area contributed by atoms with Crippen LogP contribution in [-0.2, 0) is 23.8 Å². The lowest BCUT2D eigenvalue weighted by atomic mass is 10.2. The van der Waals surface area contributed by atoms with E-state index < -0.39 is 10.2 Å². The van der Waals surface area contributed by atoms with Crippen LogP contribution in [0.3, 0.4) is 0 Å². The summed E-state index contributed by atoms with van der Waals surface area (Å²) < 4.78 is 32.4. The molecule has 3 aromatic heterocycles. The molecule has 10 nitrogen and oxygen atoms in total. The number of aromatic nitrogens is 6. The van der Waals surface area contributed by atoms with E-state index in [-0.39, 0.29) is 11.3 Å². The molecule has 1 atom stereocenters. The van der Waals surface area contributed by atoms with Gasteiger partial charge in [0, 0.05) is 32.6 Å². The molecule has 28 heavy (non-hydrogen) atoms. The second-order valence-electron chi connectivity index (χ2n) is 6.79. The van der Waals surface area contributed by atoms with Gasteiger partial charge in [-0.05, 0) is 24.9 Å². The van der Waals surface area contributed by atoms with E-state index in [1.54, 1.807) is 30.2 Å². The topological polar surface area (TPSA) is 102 Å². The Hall–Kier alpha value is -2.24. The van der Waals surface area contributed by atoms with E-state index in [4.69, 9.17) is 11.6 Å². The Labute approximate surface area is 168 Å². The zero-order valence-electron chi connectivity index (χ0n) is 15.9. The number of halogens is 1. The van der Waals surface area contributed by atoms with Crippen molar-refractivity contribution >= 4 is 38.8 Å². The lowest BCUT2D eigenvalue weighted by Gasteiger charge is -2.16. The number of rotatable bonds is 5. The molecule has 1 N–H and O–H groups in total. The van der Waals surface area contributed by atoms with Crippen molar-refractivity contribution in [3.63, 3.8) is 0 Å². The number of anilines is 1. The largest absolute Gasteiger partial charge is 0.380 e. The van der Waals surface area contributed by atoms with Gasteiger partial charge in [-0.2, -0.15) is 22.7 Å². The molecule has 3 aromatic rings. The first-order valence-electron chi connectivity index (χ1n) is 9.00. The number of hydrogen-bond donors (Lipinski definition) is 1. The van der Waals surface area contributed by atoms with Crippen LogP contribution < -0.4 is 9.88 Å². The number of fused-ring (bicyclic) bond motifs is 1. The van der Waals surface area contributed by atoms with Crippen LogP contribution in [0.15, 0.2) is 18.7 Å². The maximum absolute atomic E-state index is 13.0. The van der Waals surface area contributed by atoms with Crippen molar-refractivity contribution in [2.24, 2.45) is 7.05 Å². The summed E-state index contributed by atoms with van der Waals surface area (Å²) >= 11 is 6.08. The van der Waals surface area contributed by atoms with Crippen molar-refractivity contribution in [2.75, 3.05) is 18.4 Å². The molecule has 0 amide bonds. The van der Waals surface area contributed by atoms with Gasteiger partial charge >= 0.3 is 10.2 Å². The minimum absolute atomic E-state index is 0.0969. The molecular formula is C16H22ClN8O2S+. The second kappa shape index (κ2) is 6.98. The molecule has 1 fully saturated rings. The summed E-state index contributed by atoms with van der Waals surface area (Å²) in [6.07, 6.45) is 5.64. The van der Waals surface area contributed by atoms with Gasteiger partial charge in [0.15, 0.2) is 17.0 Å². The summed E-state index contributed by atoms with van der Waals surface area (Å²) in [5.74, 6) is 1.17. The molecule has 0 radical (unpaired) electrons. The van der Waals surface area contributed by atoms with E-state index in [0.717, 1.165) is 0 Å². The number of imidazole rings is 2. The molecule has 4 heterocycles. The number of aryl methyl sites for hydroxylation is 2. The molecule has 1 aliphatic heterocycles. The minimum atomic E-state index is -3.61. The minimum Gasteiger partial charge on any atom is -0.364 e. The second-order valence-corrected chi connectivity index (χ2v) is 8.94. The maximum Gasteiger partial charge on any atom is 0.380 e.